The second kappa shape index (κ2) is 10.2. The van der Waals surface area contributed by atoms with Gasteiger partial charge in [0.05, 0.1) is 26.1 Å². The minimum atomic E-state index is -0.797. The van der Waals surface area contributed by atoms with Crippen LogP contribution in [-0.2, 0) is 0 Å². The SMILES string of the molecule is COc1ccc(OC)c(-c2csc(=Nc3ccc(F)cc3F)n2N=Cc2cc(Br)ccc2O)c1. The molecule has 0 radical (unpaired) electrons. The van der Waals surface area contributed by atoms with E-state index in [4.69, 9.17) is 9.47 Å². The molecule has 0 atom stereocenters. The number of hydrogen-bond acceptors (Lipinski definition) is 6. The number of benzene rings is 3. The molecule has 4 aromatic rings. The monoisotopic (exact) mass is 545 g/mol. The van der Waals surface area contributed by atoms with Crippen LogP contribution >= 0.6 is 27.3 Å². The zero-order valence-corrected chi connectivity index (χ0v) is 20.4. The average molecular weight is 546 g/mol. The van der Waals surface area contributed by atoms with Crippen molar-refractivity contribution in [3.63, 3.8) is 0 Å². The van der Waals surface area contributed by atoms with Crippen molar-refractivity contribution in [3.8, 4) is 28.5 Å². The first-order chi connectivity index (χ1) is 16.4. The van der Waals surface area contributed by atoms with Gasteiger partial charge in [0.15, 0.2) is 5.82 Å². The molecule has 0 fully saturated rings. The van der Waals surface area contributed by atoms with Gasteiger partial charge in [-0.05, 0) is 48.5 Å². The Kier molecular flexibility index (Phi) is 7.09. The first-order valence-corrected chi connectivity index (χ1v) is 11.5. The van der Waals surface area contributed by atoms with Crippen LogP contribution in [0.2, 0.25) is 0 Å². The van der Waals surface area contributed by atoms with Crippen molar-refractivity contribution in [2.24, 2.45) is 10.1 Å². The fraction of sp³-hybridized carbons (Fsp3) is 0.0833. The Morgan fingerprint density at radius 1 is 1.03 bits per heavy atom. The molecule has 0 spiro atoms. The predicted octanol–water partition coefficient (Wildman–Crippen LogP) is 6.09. The highest BCUT2D eigenvalue weighted by molar-refractivity contribution is 9.10. The third-order valence-electron chi connectivity index (χ3n) is 4.80. The Morgan fingerprint density at radius 2 is 1.85 bits per heavy atom. The third-order valence-corrected chi connectivity index (χ3v) is 6.11. The van der Waals surface area contributed by atoms with Crippen LogP contribution < -0.4 is 14.3 Å². The van der Waals surface area contributed by atoms with Crippen molar-refractivity contribution in [2.75, 3.05) is 14.2 Å². The predicted molar refractivity (Wildman–Crippen MR) is 131 cm³/mol. The highest BCUT2D eigenvalue weighted by Gasteiger charge is 2.15. The molecule has 0 aliphatic heterocycles. The number of aromatic nitrogens is 1. The van der Waals surface area contributed by atoms with Gasteiger partial charge < -0.3 is 14.6 Å². The van der Waals surface area contributed by atoms with E-state index in [1.165, 1.54) is 34.4 Å². The van der Waals surface area contributed by atoms with E-state index >= 15 is 0 Å². The number of ether oxygens (including phenoxy) is 2. The molecule has 3 aromatic carbocycles. The maximum Gasteiger partial charge on any atom is 0.211 e. The summed E-state index contributed by atoms with van der Waals surface area (Å²) in [5.74, 6) is -0.293. The largest absolute Gasteiger partial charge is 0.507 e. The fourth-order valence-electron chi connectivity index (χ4n) is 3.11. The molecule has 0 aliphatic rings. The molecule has 0 saturated carbocycles. The number of phenolic OH excluding ortho intramolecular Hbond substituents is 1. The van der Waals surface area contributed by atoms with Crippen LogP contribution in [0.25, 0.3) is 11.3 Å². The van der Waals surface area contributed by atoms with E-state index in [1.807, 2.05) is 0 Å². The Morgan fingerprint density at radius 3 is 2.59 bits per heavy atom. The number of halogens is 3. The summed E-state index contributed by atoms with van der Waals surface area (Å²) < 4.78 is 40.8. The van der Waals surface area contributed by atoms with Crippen molar-refractivity contribution in [3.05, 3.63) is 86.4 Å². The quantitative estimate of drug-likeness (QED) is 0.298. The second-order valence-electron chi connectivity index (χ2n) is 6.94. The number of hydrogen-bond donors (Lipinski definition) is 1. The third kappa shape index (κ3) is 5.02. The Bertz CT molecular complexity index is 1450. The summed E-state index contributed by atoms with van der Waals surface area (Å²) in [5, 5.41) is 16.5. The highest BCUT2D eigenvalue weighted by Crippen LogP contribution is 2.34. The number of thiazole rings is 1. The lowest BCUT2D eigenvalue weighted by Gasteiger charge is -2.11. The van der Waals surface area contributed by atoms with E-state index in [9.17, 15) is 13.9 Å². The zero-order chi connectivity index (χ0) is 24.2. The Labute approximate surface area is 206 Å². The van der Waals surface area contributed by atoms with Gasteiger partial charge in [0.2, 0.25) is 4.80 Å². The van der Waals surface area contributed by atoms with Crippen LogP contribution in [0.15, 0.2) is 74.5 Å². The van der Waals surface area contributed by atoms with Gasteiger partial charge in [-0.15, -0.1) is 11.3 Å². The highest BCUT2D eigenvalue weighted by atomic mass is 79.9. The summed E-state index contributed by atoms with van der Waals surface area (Å²) >= 11 is 4.58. The molecule has 4 rings (SSSR count). The maximum atomic E-state index is 14.3. The van der Waals surface area contributed by atoms with Crippen LogP contribution in [-0.4, -0.2) is 30.2 Å². The van der Waals surface area contributed by atoms with Gasteiger partial charge >= 0.3 is 0 Å². The molecular weight excluding hydrogens is 528 g/mol. The molecule has 34 heavy (non-hydrogen) atoms. The lowest BCUT2D eigenvalue weighted by Crippen LogP contribution is -2.12. The van der Waals surface area contributed by atoms with Gasteiger partial charge in [0.1, 0.15) is 28.8 Å². The van der Waals surface area contributed by atoms with E-state index in [0.717, 1.165) is 16.6 Å². The van der Waals surface area contributed by atoms with Crippen LogP contribution in [0.3, 0.4) is 0 Å². The first-order valence-electron chi connectivity index (χ1n) is 9.85. The summed E-state index contributed by atoms with van der Waals surface area (Å²) in [6.07, 6.45) is 1.46. The van der Waals surface area contributed by atoms with Crippen LogP contribution in [0.5, 0.6) is 17.2 Å². The molecule has 6 nitrogen and oxygen atoms in total. The van der Waals surface area contributed by atoms with Gasteiger partial charge in [-0.3, -0.25) is 0 Å². The molecule has 1 aromatic heterocycles. The van der Waals surface area contributed by atoms with E-state index < -0.39 is 11.6 Å². The molecule has 0 aliphatic carbocycles. The second-order valence-corrected chi connectivity index (χ2v) is 8.69. The van der Waals surface area contributed by atoms with Gasteiger partial charge in [-0.1, -0.05) is 15.9 Å². The number of aromatic hydroxyl groups is 1. The smallest absolute Gasteiger partial charge is 0.211 e. The van der Waals surface area contributed by atoms with Crippen molar-refractivity contribution in [1.29, 1.82) is 0 Å². The molecule has 174 valence electrons. The van der Waals surface area contributed by atoms with E-state index in [-0.39, 0.29) is 11.4 Å². The lowest BCUT2D eigenvalue weighted by molar-refractivity contribution is 0.404. The standard InChI is InChI=1S/C24H18BrF2N3O3S/c1-32-17-5-8-23(33-2)18(11-17)21-13-34-24(29-20-6-4-16(26)10-19(20)27)30(21)28-12-14-9-15(25)3-7-22(14)31/h3-13,31H,1-2H3. The Balaban J connectivity index is 1.94. The summed E-state index contributed by atoms with van der Waals surface area (Å²) in [7, 11) is 3.10. The molecule has 0 saturated heterocycles. The number of methoxy groups -OCH3 is 2. The van der Waals surface area contributed by atoms with Gasteiger partial charge in [-0.2, -0.15) is 5.10 Å². The van der Waals surface area contributed by atoms with Crippen molar-refractivity contribution in [1.82, 2.24) is 4.68 Å². The van der Waals surface area contributed by atoms with E-state index in [2.05, 4.69) is 26.0 Å². The lowest BCUT2D eigenvalue weighted by atomic mass is 10.1. The van der Waals surface area contributed by atoms with Gasteiger partial charge in [0, 0.05) is 27.0 Å². The maximum absolute atomic E-state index is 14.3. The van der Waals surface area contributed by atoms with Crippen molar-refractivity contribution >= 4 is 39.2 Å². The molecule has 1 heterocycles. The van der Waals surface area contributed by atoms with Crippen molar-refractivity contribution in [2.45, 2.75) is 0 Å². The molecule has 0 unspecified atom stereocenters. The first kappa shape index (κ1) is 23.7. The molecule has 1 N–H and O–H groups in total. The summed E-state index contributed by atoms with van der Waals surface area (Å²) in [5.41, 5.74) is 1.67. The van der Waals surface area contributed by atoms with Gasteiger partial charge in [-0.25, -0.2) is 18.4 Å². The molecule has 0 amide bonds. The number of phenols is 1. The Hall–Kier alpha value is -3.50. The van der Waals surface area contributed by atoms with Crippen LogP contribution in [0.4, 0.5) is 14.5 Å². The topological polar surface area (TPSA) is 68.3 Å². The van der Waals surface area contributed by atoms with Crippen LogP contribution in [0, 0.1) is 11.6 Å². The normalized spacial score (nSPS) is 11.9. The van der Waals surface area contributed by atoms with Gasteiger partial charge in [0.25, 0.3) is 0 Å². The molecule has 10 heteroatoms. The van der Waals surface area contributed by atoms with Crippen molar-refractivity contribution < 1.29 is 23.4 Å². The summed E-state index contributed by atoms with van der Waals surface area (Å²) in [6, 6.07) is 13.4. The summed E-state index contributed by atoms with van der Waals surface area (Å²) in [6.45, 7) is 0. The zero-order valence-electron chi connectivity index (χ0n) is 18.0. The molecule has 0 bridgehead atoms. The summed E-state index contributed by atoms with van der Waals surface area (Å²) in [4.78, 5) is 4.68. The average Bonchev–Trinajstić information content (AvgIpc) is 3.23. The van der Waals surface area contributed by atoms with Crippen LogP contribution in [0.1, 0.15) is 5.56 Å². The minimum absolute atomic E-state index is 0.0337. The number of rotatable bonds is 6. The minimum Gasteiger partial charge on any atom is -0.507 e. The fourth-order valence-corrected chi connectivity index (χ4v) is 4.33. The number of nitrogens with zero attached hydrogens (tertiary/aromatic N) is 3. The van der Waals surface area contributed by atoms with E-state index in [1.54, 1.807) is 49.9 Å². The molecular formula is C24H18BrF2N3O3S. The van der Waals surface area contributed by atoms with E-state index in [0.29, 0.717) is 33.1 Å².